The molecule has 0 unspecified atom stereocenters. The Balaban J connectivity index is 2.86. The highest BCUT2D eigenvalue weighted by molar-refractivity contribution is 7.80. The molecule has 7 heteroatoms. The molecule has 0 aliphatic carbocycles. The van der Waals surface area contributed by atoms with E-state index in [9.17, 15) is 0 Å². The Labute approximate surface area is 93.9 Å². The number of imidazole rings is 1. The van der Waals surface area contributed by atoms with Crippen molar-refractivity contribution in [2.24, 2.45) is 0 Å². The highest BCUT2D eigenvalue weighted by Crippen LogP contribution is 2.19. The Morgan fingerprint density at radius 3 is 2.60 bits per heavy atom. The quantitative estimate of drug-likeness (QED) is 0.388. The molecule has 0 fully saturated rings. The molecule has 0 atom stereocenters. The molecule has 0 bridgehead atoms. The van der Waals surface area contributed by atoms with Gasteiger partial charge in [0.05, 0.1) is 5.72 Å². The molecule has 0 saturated carbocycles. The highest BCUT2D eigenvalue weighted by Gasteiger charge is 2.14. The summed E-state index contributed by atoms with van der Waals surface area (Å²) in [6, 6.07) is 0.289. The van der Waals surface area contributed by atoms with Crippen LogP contribution in [0.4, 0.5) is 5.95 Å². The minimum absolute atomic E-state index is 0.231. The van der Waals surface area contributed by atoms with Crippen LogP contribution in [0.3, 0.4) is 0 Å². The number of anilines is 1. The molecule has 0 aromatic carbocycles. The average molecular weight is 221 g/mol. The van der Waals surface area contributed by atoms with Crippen molar-refractivity contribution in [2.75, 3.05) is 5.73 Å². The average Bonchev–Trinajstić information content (AvgIpc) is 2.41. The summed E-state index contributed by atoms with van der Waals surface area (Å²) in [7, 11) is 1.94. The fraction of sp³-hybridized carbons (Fsp3) is 0.375. The van der Waals surface area contributed by atoms with Gasteiger partial charge < -0.3 is 10.3 Å². The van der Waals surface area contributed by atoms with Crippen LogP contribution >= 0.6 is 12.6 Å². The van der Waals surface area contributed by atoms with Gasteiger partial charge >= 0.3 is 0 Å². The van der Waals surface area contributed by atoms with Gasteiger partial charge in [0.1, 0.15) is 10.5 Å². The van der Waals surface area contributed by atoms with E-state index < -0.39 is 0 Å². The van der Waals surface area contributed by atoms with Gasteiger partial charge in [0, 0.05) is 6.04 Å². The van der Waals surface area contributed by atoms with E-state index in [4.69, 9.17) is 5.73 Å². The molecule has 15 heavy (non-hydrogen) atoms. The minimum Gasteiger partial charge on any atom is -0.368 e. The van der Waals surface area contributed by atoms with Crippen molar-refractivity contribution >= 4 is 43.3 Å². The summed E-state index contributed by atoms with van der Waals surface area (Å²) >= 11 is 4.24. The van der Waals surface area contributed by atoms with E-state index in [1.807, 2.05) is 12.4 Å². The predicted octanol–water partition coefficient (Wildman–Crippen LogP) is -0.464. The van der Waals surface area contributed by atoms with Crippen molar-refractivity contribution in [3.8, 4) is 0 Å². The first-order chi connectivity index (χ1) is 7.00. The van der Waals surface area contributed by atoms with Gasteiger partial charge in [0.15, 0.2) is 13.5 Å². The number of nitrogens with two attached hydrogens (primary N) is 1. The molecule has 0 spiro atoms. The van der Waals surface area contributed by atoms with Crippen LogP contribution in [0.15, 0.2) is 5.03 Å². The topological polar surface area (TPSA) is 69.6 Å². The molecular formula is C8H12BN5S. The third-order valence-electron chi connectivity index (χ3n) is 2.23. The van der Waals surface area contributed by atoms with Gasteiger partial charge in [-0.1, -0.05) is 0 Å². The fourth-order valence-electron chi connectivity index (χ4n) is 1.70. The van der Waals surface area contributed by atoms with Crippen LogP contribution in [-0.4, -0.2) is 27.4 Å². The molecule has 2 aromatic heterocycles. The molecular weight excluding hydrogens is 209 g/mol. The lowest BCUT2D eigenvalue weighted by atomic mass is 10.1. The summed E-state index contributed by atoms with van der Waals surface area (Å²) < 4.78 is 2.02. The maximum atomic E-state index is 5.59. The zero-order valence-electron chi connectivity index (χ0n) is 8.89. The fourth-order valence-corrected chi connectivity index (χ4v) is 1.96. The Kier molecular flexibility index (Phi) is 2.34. The summed E-state index contributed by atoms with van der Waals surface area (Å²) in [6.07, 6.45) is 0. The van der Waals surface area contributed by atoms with Crippen molar-refractivity contribution in [3.63, 3.8) is 0 Å². The smallest absolute Gasteiger partial charge is 0.223 e. The number of hydrogen-bond donors (Lipinski definition) is 2. The van der Waals surface area contributed by atoms with Crippen LogP contribution in [-0.2, 0) is 0 Å². The van der Waals surface area contributed by atoms with E-state index in [-0.39, 0.29) is 12.0 Å². The number of hydrogen-bond acceptors (Lipinski definition) is 5. The summed E-state index contributed by atoms with van der Waals surface area (Å²) in [5.41, 5.74) is 7.95. The van der Waals surface area contributed by atoms with Gasteiger partial charge in [-0.25, -0.2) is 9.97 Å². The maximum Gasteiger partial charge on any atom is 0.223 e. The van der Waals surface area contributed by atoms with Gasteiger partial charge in [-0.2, -0.15) is 4.98 Å². The third kappa shape index (κ3) is 1.56. The normalized spacial score (nSPS) is 11.5. The molecule has 2 heterocycles. The van der Waals surface area contributed by atoms with Crippen LogP contribution in [0.5, 0.6) is 0 Å². The van der Waals surface area contributed by atoms with Gasteiger partial charge in [0.25, 0.3) is 0 Å². The molecule has 2 N–H and O–H groups in total. The van der Waals surface area contributed by atoms with E-state index in [1.54, 1.807) is 0 Å². The largest absolute Gasteiger partial charge is 0.368 e. The van der Waals surface area contributed by atoms with E-state index in [0.717, 1.165) is 11.4 Å². The zero-order valence-corrected chi connectivity index (χ0v) is 9.79. The second-order valence-electron chi connectivity index (χ2n) is 3.70. The number of thiol groups is 1. The van der Waals surface area contributed by atoms with Gasteiger partial charge in [-0.15, -0.1) is 12.6 Å². The van der Waals surface area contributed by atoms with Crippen LogP contribution in [0, 0.1) is 0 Å². The molecule has 0 aliphatic heterocycles. The minimum atomic E-state index is 0.231. The Hall–Kier alpha value is -1.24. The van der Waals surface area contributed by atoms with Crippen molar-refractivity contribution < 1.29 is 0 Å². The van der Waals surface area contributed by atoms with Crippen molar-refractivity contribution in [3.05, 3.63) is 0 Å². The van der Waals surface area contributed by atoms with Crippen molar-refractivity contribution in [1.29, 1.82) is 0 Å². The number of fused-ring (bicyclic) bond motifs is 1. The molecule has 78 valence electrons. The number of aromatic nitrogens is 4. The number of rotatable bonds is 1. The second-order valence-corrected chi connectivity index (χ2v) is 4.12. The second kappa shape index (κ2) is 3.41. The monoisotopic (exact) mass is 221 g/mol. The van der Waals surface area contributed by atoms with Crippen molar-refractivity contribution in [1.82, 2.24) is 19.5 Å². The molecule has 0 radical (unpaired) electrons. The van der Waals surface area contributed by atoms with Gasteiger partial charge in [-0.05, 0) is 13.8 Å². The van der Waals surface area contributed by atoms with E-state index in [1.165, 1.54) is 0 Å². The van der Waals surface area contributed by atoms with Crippen molar-refractivity contribution in [2.45, 2.75) is 24.9 Å². The lowest BCUT2D eigenvalue weighted by Gasteiger charge is -2.10. The van der Waals surface area contributed by atoms with E-state index in [2.05, 4.69) is 41.4 Å². The predicted molar refractivity (Wildman–Crippen MR) is 65.6 cm³/mol. The highest BCUT2D eigenvalue weighted by atomic mass is 32.1. The Morgan fingerprint density at radius 1 is 1.33 bits per heavy atom. The number of nitrogen functional groups attached to an aromatic ring is 1. The van der Waals surface area contributed by atoms with Crippen LogP contribution in [0.25, 0.3) is 11.2 Å². The van der Waals surface area contributed by atoms with E-state index >= 15 is 0 Å². The molecule has 0 amide bonds. The lowest BCUT2D eigenvalue weighted by Crippen LogP contribution is -2.21. The molecule has 2 rings (SSSR count). The molecule has 0 saturated heterocycles. The SMILES string of the molecule is Bc1nc2c(S)nc(N)nc2n1C(C)C. The molecule has 5 nitrogen and oxygen atoms in total. The lowest BCUT2D eigenvalue weighted by molar-refractivity contribution is 0.628. The van der Waals surface area contributed by atoms with Crippen LogP contribution in [0.1, 0.15) is 19.9 Å². The standard InChI is InChI=1S/C8H12BN5S/c1-3(2)14-5-4(11-7(14)9)6(15)13-8(10)12-5/h3H,9H2,1-2H3,(H3,10,12,13,15). The summed E-state index contributed by atoms with van der Waals surface area (Å²) in [4.78, 5) is 12.5. The van der Waals surface area contributed by atoms with Crippen LogP contribution in [0.2, 0.25) is 0 Å². The Bertz CT molecular complexity index is 521. The third-order valence-corrected chi connectivity index (χ3v) is 2.54. The summed E-state index contributed by atoms with van der Waals surface area (Å²) in [5.74, 6) is 0.231. The Morgan fingerprint density at radius 2 is 2.00 bits per heavy atom. The van der Waals surface area contributed by atoms with Crippen LogP contribution < -0.4 is 11.5 Å². The first kappa shape index (κ1) is 10.3. The summed E-state index contributed by atoms with van der Waals surface area (Å²) in [5, 5.41) is 0.528. The molecule has 2 aromatic rings. The first-order valence-corrected chi connectivity index (χ1v) is 5.16. The zero-order chi connectivity index (χ0) is 11.2. The van der Waals surface area contributed by atoms with Gasteiger partial charge in [0.2, 0.25) is 5.95 Å². The first-order valence-electron chi connectivity index (χ1n) is 4.71. The van der Waals surface area contributed by atoms with Gasteiger partial charge in [-0.3, -0.25) is 0 Å². The summed E-state index contributed by atoms with van der Waals surface area (Å²) in [6.45, 7) is 4.15. The number of nitrogens with zero attached hydrogens (tertiary/aromatic N) is 4. The maximum absolute atomic E-state index is 5.59. The molecule has 0 aliphatic rings. The van der Waals surface area contributed by atoms with E-state index in [0.29, 0.717) is 10.5 Å².